The third-order valence-corrected chi connectivity index (χ3v) is 6.02. The highest BCUT2D eigenvalue weighted by molar-refractivity contribution is 7.09. The number of thiophene rings is 1. The van der Waals surface area contributed by atoms with Crippen molar-refractivity contribution in [2.75, 3.05) is 38.7 Å². The minimum absolute atomic E-state index is 0.126. The Balaban J connectivity index is 1.71. The number of nitrogens with one attached hydrogen (secondary N) is 1. The second-order valence-electron chi connectivity index (χ2n) is 7.76. The molecule has 0 aliphatic carbocycles. The van der Waals surface area contributed by atoms with Crippen LogP contribution in [-0.4, -0.2) is 55.2 Å². The molecule has 1 aromatic heterocycles. The molecule has 3 rings (SSSR count). The molecule has 0 saturated carbocycles. The second-order valence-corrected chi connectivity index (χ2v) is 8.79. The van der Waals surface area contributed by atoms with Crippen LogP contribution in [0.15, 0.2) is 66.0 Å². The quantitative estimate of drug-likeness (QED) is 0.381. The smallest absolute Gasteiger partial charge is 0.322 e. The number of hydrogen-bond donors (Lipinski definition) is 1. The van der Waals surface area contributed by atoms with Crippen molar-refractivity contribution in [1.82, 2.24) is 9.80 Å². The summed E-state index contributed by atoms with van der Waals surface area (Å²) in [4.78, 5) is 30.5. The number of hydrogen-bond acceptors (Lipinski definition) is 5. The van der Waals surface area contributed by atoms with Crippen LogP contribution in [0.4, 0.5) is 14.9 Å². The van der Waals surface area contributed by atoms with Gasteiger partial charge in [0.25, 0.3) is 0 Å². The number of halogens is 1. The van der Waals surface area contributed by atoms with E-state index < -0.39 is 6.03 Å². The van der Waals surface area contributed by atoms with E-state index in [9.17, 15) is 14.0 Å². The van der Waals surface area contributed by atoms with Crippen molar-refractivity contribution < 1.29 is 23.5 Å². The first-order valence-electron chi connectivity index (χ1n) is 11.3. The summed E-state index contributed by atoms with van der Waals surface area (Å²) in [6.45, 7) is 3.55. The zero-order chi connectivity index (χ0) is 25.0. The van der Waals surface area contributed by atoms with Gasteiger partial charge in [-0.15, -0.1) is 11.3 Å². The predicted octanol–water partition coefficient (Wildman–Crippen LogP) is 5.00. The molecule has 9 heteroatoms. The van der Waals surface area contributed by atoms with Crippen LogP contribution in [0.2, 0.25) is 0 Å². The zero-order valence-corrected chi connectivity index (χ0v) is 20.7. The molecule has 7 nitrogen and oxygen atoms in total. The SMILES string of the molecule is CCOc1ccc(NC(=O)N(CCOC)CC(=O)N(Cc2ccc(F)cc2)Cc2cccs2)cc1. The number of amides is 3. The molecule has 3 amide bonds. The maximum atomic E-state index is 13.4. The fourth-order valence-electron chi connectivity index (χ4n) is 3.35. The van der Waals surface area contributed by atoms with Gasteiger partial charge in [0, 0.05) is 30.8 Å². The molecule has 1 N–H and O–H groups in total. The van der Waals surface area contributed by atoms with E-state index in [0.29, 0.717) is 31.1 Å². The number of urea groups is 1. The molecule has 0 fully saturated rings. The first kappa shape index (κ1) is 26.2. The normalized spacial score (nSPS) is 10.6. The molecule has 0 spiro atoms. The number of nitrogens with zero attached hydrogens (tertiary/aromatic N) is 2. The maximum absolute atomic E-state index is 13.4. The molecule has 0 aliphatic heterocycles. The number of benzene rings is 2. The molecule has 0 atom stereocenters. The Morgan fingerprint density at radius 3 is 2.37 bits per heavy atom. The maximum Gasteiger partial charge on any atom is 0.322 e. The summed E-state index contributed by atoms with van der Waals surface area (Å²) in [5.74, 6) is 0.157. The van der Waals surface area contributed by atoms with Gasteiger partial charge in [-0.2, -0.15) is 0 Å². The molecule has 0 unspecified atom stereocenters. The van der Waals surface area contributed by atoms with Gasteiger partial charge in [-0.05, 0) is 60.3 Å². The van der Waals surface area contributed by atoms with Gasteiger partial charge in [0.05, 0.1) is 19.8 Å². The van der Waals surface area contributed by atoms with E-state index in [0.717, 1.165) is 10.4 Å². The fourth-order valence-corrected chi connectivity index (χ4v) is 4.07. The molecule has 0 radical (unpaired) electrons. The van der Waals surface area contributed by atoms with Crippen molar-refractivity contribution in [3.8, 4) is 5.75 Å². The van der Waals surface area contributed by atoms with E-state index in [4.69, 9.17) is 9.47 Å². The van der Waals surface area contributed by atoms with E-state index in [-0.39, 0.29) is 31.4 Å². The van der Waals surface area contributed by atoms with Gasteiger partial charge in [0.1, 0.15) is 18.1 Å². The Morgan fingerprint density at radius 2 is 1.74 bits per heavy atom. The molecular formula is C26H30FN3O4S. The third-order valence-electron chi connectivity index (χ3n) is 5.16. The number of rotatable bonds is 12. The van der Waals surface area contributed by atoms with Gasteiger partial charge in [-0.25, -0.2) is 9.18 Å². The number of carbonyl (C=O) groups is 2. The van der Waals surface area contributed by atoms with E-state index in [1.54, 1.807) is 59.7 Å². The van der Waals surface area contributed by atoms with Crippen LogP contribution < -0.4 is 10.1 Å². The van der Waals surface area contributed by atoms with Crippen LogP contribution in [0.5, 0.6) is 5.75 Å². The van der Waals surface area contributed by atoms with Gasteiger partial charge in [0.2, 0.25) is 5.91 Å². The van der Waals surface area contributed by atoms with Gasteiger partial charge < -0.3 is 24.6 Å². The second kappa shape index (κ2) is 13.5. The summed E-state index contributed by atoms with van der Waals surface area (Å²) in [7, 11) is 1.54. The summed E-state index contributed by atoms with van der Waals surface area (Å²) >= 11 is 1.55. The largest absolute Gasteiger partial charge is 0.494 e. The van der Waals surface area contributed by atoms with Gasteiger partial charge in [0.15, 0.2) is 0 Å². The van der Waals surface area contributed by atoms with E-state index >= 15 is 0 Å². The lowest BCUT2D eigenvalue weighted by Gasteiger charge is -2.27. The van der Waals surface area contributed by atoms with Gasteiger partial charge in [-0.3, -0.25) is 4.79 Å². The highest BCUT2D eigenvalue weighted by Gasteiger charge is 2.22. The average molecular weight is 500 g/mol. The lowest BCUT2D eigenvalue weighted by atomic mass is 10.2. The third kappa shape index (κ3) is 8.38. The summed E-state index contributed by atoms with van der Waals surface area (Å²) in [5.41, 5.74) is 1.40. The van der Waals surface area contributed by atoms with Gasteiger partial charge >= 0.3 is 6.03 Å². The average Bonchev–Trinajstić information content (AvgIpc) is 3.37. The molecular weight excluding hydrogens is 469 g/mol. The molecule has 0 bridgehead atoms. The van der Waals surface area contributed by atoms with Crippen molar-refractivity contribution in [2.45, 2.75) is 20.0 Å². The van der Waals surface area contributed by atoms with Crippen molar-refractivity contribution in [3.63, 3.8) is 0 Å². The number of ether oxygens (including phenoxy) is 2. The first-order valence-corrected chi connectivity index (χ1v) is 12.2. The Morgan fingerprint density at radius 1 is 1.00 bits per heavy atom. The number of anilines is 1. The van der Waals surface area contributed by atoms with Crippen molar-refractivity contribution >= 4 is 29.0 Å². The van der Waals surface area contributed by atoms with Crippen LogP contribution in [0.3, 0.4) is 0 Å². The molecule has 2 aromatic carbocycles. The van der Waals surface area contributed by atoms with Crippen LogP contribution in [-0.2, 0) is 22.6 Å². The van der Waals surface area contributed by atoms with E-state index in [1.165, 1.54) is 17.0 Å². The molecule has 1 heterocycles. The van der Waals surface area contributed by atoms with Gasteiger partial charge in [-0.1, -0.05) is 18.2 Å². The lowest BCUT2D eigenvalue weighted by Crippen LogP contribution is -2.45. The zero-order valence-electron chi connectivity index (χ0n) is 19.9. The standard InChI is InChI=1S/C26H30FN3O4S/c1-3-34-23-12-10-22(11-13-23)28-26(32)29(14-15-33-2)19-25(31)30(18-24-5-4-16-35-24)17-20-6-8-21(27)9-7-20/h4-13,16H,3,14-15,17-19H2,1-2H3,(H,28,32). The van der Waals surface area contributed by atoms with Crippen LogP contribution in [0, 0.1) is 5.82 Å². The minimum Gasteiger partial charge on any atom is -0.494 e. The minimum atomic E-state index is -0.405. The number of carbonyl (C=O) groups excluding carboxylic acids is 2. The highest BCUT2D eigenvalue weighted by Crippen LogP contribution is 2.18. The fraction of sp³-hybridized carbons (Fsp3) is 0.308. The summed E-state index contributed by atoms with van der Waals surface area (Å²) in [5, 5.41) is 4.78. The topological polar surface area (TPSA) is 71.1 Å². The summed E-state index contributed by atoms with van der Waals surface area (Å²) < 4.78 is 23.9. The van der Waals surface area contributed by atoms with E-state index in [2.05, 4.69) is 5.32 Å². The molecule has 3 aromatic rings. The Hall–Kier alpha value is -3.43. The van der Waals surface area contributed by atoms with Crippen LogP contribution in [0.25, 0.3) is 0 Å². The molecule has 186 valence electrons. The monoisotopic (exact) mass is 499 g/mol. The Bertz CT molecular complexity index is 1060. The van der Waals surface area contributed by atoms with Crippen molar-refractivity contribution in [3.05, 3.63) is 82.3 Å². The Kier molecular flexibility index (Phi) is 10.1. The summed E-state index contributed by atoms with van der Waals surface area (Å²) in [6.07, 6.45) is 0. The van der Waals surface area contributed by atoms with Crippen molar-refractivity contribution in [2.24, 2.45) is 0 Å². The predicted molar refractivity (Wildman–Crippen MR) is 135 cm³/mol. The highest BCUT2D eigenvalue weighted by atomic mass is 32.1. The summed E-state index contributed by atoms with van der Waals surface area (Å²) in [6, 6.07) is 16.6. The number of methoxy groups -OCH3 is 1. The van der Waals surface area contributed by atoms with Crippen LogP contribution >= 0.6 is 11.3 Å². The van der Waals surface area contributed by atoms with Crippen molar-refractivity contribution in [1.29, 1.82) is 0 Å². The van der Waals surface area contributed by atoms with Crippen LogP contribution in [0.1, 0.15) is 17.4 Å². The molecule has 35 heavy (non-hydrogen) atoms. The first-order chi connectivity index (χ1) is 17.0. The molecule has 0 aliphatic rings. The molecule has 0 saturated heterocycles. The lowest BCUT2D eigenvalue weighted by molar-refractivity contribution is -0.133. The Labute approximate surface area is 209 Å². The van der Waals surface area contributed by atoms with E-state index in [1.807, 2.05) is 24.4 Å².